The SMILES string of the molecule is CCC[C@H](O)[C@H](N)c1ccc(OC)c(Br)c1. The molecule has 0 heterocycles. The van der Waals surface area contributed by atoms with Gasteiger partial charge < -0.3 is 15.6 Å². The molecule has 0 radical (unpaired) electrons. The number of halogens is 1. The Labute approximate surface area is 105 Å². The van der Waals surface area contributed by atoms with Gasteiger partial charge in [0.25, 0.3) is 0 Å². The number of benzene rings is 1. The quantitative estimate of drug-likeness (QED) is 0.875. The minimum atomic E-state index is -0.495. The largest absolute Gasteiger partial charge is 0.496 e. The normalized spacial score (nSPS) is 14.6. The van der Waals surface area contributed by atoms with E-state index in [2.05, 4.69) is 15.9 Å². The van der Waals surface area contributed by atoms with E-state index in [-0.39, 0.29) is 6.04 Å². The van der Waals surface area contributed by atoms with Crippen LogP contribution in [0.3, 0.4) is 0 Å². The number of rotatable bonds is 5. The van der Waals surface area contributed by atoms with Gasteiger partial charge in [-0.2, -0.15) is 0 Å². The van der Waals surface area contributed by atoms with Crippen LogP contribution in [0.2, 0.25) is 0 Å². The van der Waals surface area contributed by atoms with E-state index in [1.54, 1.807) is 7.11 Å². The van der Waals surface area contributed by atoms with Crippen LogP contribution >= 0.6 is 15.9 Å². The van der Waals surface area contributed by atoms with Crippen molar-refractivity contribution in [3.05, 3.63) is 28.2 Å². The van der Waals surface area contributed by atoms with Crippen LogP contribution in [0.4, 0.5) is 0 Å². The molecule has 16 heavy (non-hydrogen) atoms. The first-order valence-electron chi connectivity index (χ1n) is 5.37. The van der Waals surface area contributed by atoms with Crippen molar-refractivity contribution >= 4 is 15.9 Å². The second-order valence-corrected chi connectivity index (χ2v) is 4.63. The van der Waals surface area contributed by atoms with E-state index < -0.39 is 6.10 Å². The van der Waals surface area contributed by atoms with Crippen LogP contribution < -0.4 is 10.5 Å². The third-order valence-electron chi connectivity index (χ3n) is 2.56. The van der Waals surface area contributed by atoms with Crippen LogP contribution in [-0.2, 0) is 0 Å². The molecule has 0 saturated carbocycles. The van der Waals surface area contributed by atoms with Crippen molar-refractivity contribution < 1.29 is 9.84 Å². The van der Waals surface area contributed by atoms with Gasteiger partial charge in [-0.1, -0.05) is 19.4 Å². The van der Waals surface area contributed by atoms with Gasteiger partial charge in [0, 0.05) is 0 Å². The summed E-state index contributed by atoms with van der Waals surface area (Å²) in [5.41, 5.74) is 6.88. The zero-order valence-corrected chi connectivity index (χ0v) is 11.2. The maximum absolute atomic E-state index is 9.82. The average Bonchev–Trinajstić information content (AvgIpc) is 2.28. The monoisotopic (exact) mass is 287 g/mol. The summed E-state index contributed by atoms with van der Waals surface area (Å²) in [5, 5.41) is 9.82. The molecule has 0 aromatic heterocycles. The highest BCUT2D eigenvalue weighted by Gasteiger charge is 2.16. The minimum Gasteiger partial charge on any atom is -0.496 e. The van der Waals surface area contributed by atoms with Crippen molar-refractivity contribution in [2.75, 3.05) is 7.11 Å². The fourth-order valence-corrected chi connectivity index (χ4v) is 2.15. The van der Waals surface area contributed by atoms with E-state index in [1.165, 1.54) is 0 Å². The van der Waals surface area contributed by atoms with Gasteiger partial charge >= 0.3 is 0 Å². The number of ether oxygens (including phenoxy) is 1. The summed E-state index contributed by atoms with van der Waals surface area (Å²) in [4.78, 5) is 0. The molecule has 0 fully saturated rings. The molecule has 0 amide bonds. The molecule has 0 unspecified atom stereocenters. The van der Waals surface area contributed by atoms with E-state index in [9.17, 15) is 5.11 Å². The van der Waals surface area contributed by atoms with Gasteiger partial charge in [-0.25, -0.2) is 0 Å². The van der Waals surface area contributed by atoms with Crippen molar-refractivity contribution in [1.82, 2.24) is 0 Å². The molecule has 0 spiro atoms. The van der Waals surface area contributed by atoms with Crippen LogP contribution in [0.1, 0.15) is 31.4 Å². The average molecular weight is 288 g/mol. The summed E-state index contributed by atoms with van der Waals surface area (Å²) in [5.74, 6) is 0.765. The van der Waals surface area contributed by atoms with Crippen LogP contribution in [0.25, 0.3) is 0 Å². The Morgan fingerprint density at radius 1 is 1.50 bits per heavy atom. The molecular weight excluding hydrogens is 270 g/mol. The highest BCUT2D eigenvalue weighted by Crippen LogP contribution is 2.28. The molecule has 2 atom stereocenters. The molecule has 3 nitrogen and oxygen atoms in total. The molecule has 90 valence electrons. The fraction of sp³-hybridized carbons (Fsp3) is 0.500. The van der Waals surface area contributed by atoms with Crippen LogP contribution in [0, 0.1) is 0 Å². The van der Waals surface area contributed by atoms with Gasteiger partial charge in [-0.05, 0) is 40.0 Å². The van der Waals surface area contributed by atoms with Crippen LogP contribution in [-0.4, -0.2) is 18.3 Å². The Balaban J connectivity index is 2.84. The molecule has 3 N–H and O–H groups in total. The standard InChI is InChI=1S/C12H18BrNO2/c1-3-4-10(15)12(14)8-5-6-11(16-2)9(13)7-8/h5-7,10,12,15H,3-4,14H2,1-2H3/t10-,12+/m0/s1. The van der Waals surface area contributed by atoms with Gasteiger partial charge in [-0.3, -0.25) is 0 Å². The third kappa shape index (κ3) is 3.20. The summed E-state index contributed by atoms with van der Waals surface area (Å²) >= 11 is 3.40. The molecular formula is C12H18BrNO2. The lowest BCUT2D eigenvalue weighted by atomic mass is 9.99. The lowest BCUT2D eigenvalue weighted by Gasteiger charge is -2.19. The molecule has 0 saturated heterocycles. The fourth-order valence-electron chi connectivity index (χ4n) is 1.59. The molecule has 0 aliphatic carbocycles. The molecule has 1 aromatic carbocycles. The van der Waals surface area contributed by atoms with Crippen molar-refractivity contribution in [1.29, 1.82) is 0 Å². The Bertz CT molecular complexity index is 344. The molecule has 0 aliphatic rings. The zero-order valence-electron chi connectivity index (χ0n) is 9.61. The lowest BCUT2D eigenvalue weighted by molar-refractivity contribution is 0.134. The summed E-state index contributed by atoms with van der Waals surface area (Å²) in [6.45, 7) is 2.03. The number of hydrogen-bond acceptors (Lipinski definition) is 3. The topological polar surface area (TPSA) is 55.5 Å². The van der Waals surface area contributed by atoms with E-state index in [1.807, 2.05) is 25.1 Å². The smallest absolute Gasteiger partial charge is 0.133 e. The molecule has 4 heteroatoms. The number of methoxy groups -OCH3 is 1. The summed E-state index contributed by atoms with van der Waals surface area (Å²) < 4.78 is 5.99. The number of aliphatic hydroxyl groups excluding tert-OH is 1. The van der Waals surface area contributed by atoms with Crippen molar-refractivity contribution in [3.8, 4) is 5.75 Å². The minimum absolute atomic E-state index is 0.345. The van der Waals surface area contributed by atoms with E-state index in [0.717, 1.165) is 22.2 Å². The highest BCUT2D eigenvalue weighted by molar-refractivity contribution is 9.10. The lowest BCUT2D eigenvalue weighted by Crippen LogP contribution is -2.25. The first kappa shape index (κ1) is 13.5. The second kappa shape index (κ2) is 6.23. The first-order chi connectivity index (χ1) is 7.60. The van der Waals surface area contributed by atoms with Crippen LogP contribution in [0.15, 0.2) is 22.7 Å². The summed E-state index contributed by atoms with van der Waals surface area (Å²) in [6, 6.07) is 5.27. The number of nitrogens with two attached hydrogens (primary N) is 1. The van der Waals surface area contributed by atoms with Gasteiger partial charge in [0.05, 0.1) is 23.7 Å². The van der Waals surface area contributed by atoms with E-state index in [4.69, 9.17) is 10.5 Å². The molecule has 0 bridgehead atoms. The summed E-state index contributed by atoms with van der Waals surface area (Å²) in [7, 11) is 1.62. The highest BCUT2D eigenvalue weighted by atomic mass is 79.9. The first-order valence-corrected chi connectivity index (χ1v) is 6.16. The van der Waals surface area contributed by atoms with Gasteiger partial charge in [0.2, 0.25) is 0 Å². The number of hydrogen-bond donors (Lipinski definition) is 2. The Morgan fingerprint density at radius 2 is 2.19 bits per heavy atom. The van der Waals surface area contributed by atoms with E-state index >= 15 is 0 Å². The maximum atomic E-state index is 9.82. The molecule has 1 rings (SSSR count). The van der Waals surface area contributed by atoms with Gasteiger partial charge in [0.15, 0.2) is 0 Å². The summed E-state index contributed by atoms with van der Waals surface area (Å²) in [6.07, 6.45) is 1.14. The Morgan fingerprint density at radius 3 is 2.69 bits per heavy atom. The number of aliphatic hydroxyl groups is 1. The molecule has 0 aliphatic heterocycles. The Kier molecular flexibility index (Phi) is 5.25. The van der Waals surface area contributed by atoms with Crippen molar-refractivity contribution in [3.63, 3.8) is 0 Å². The molecule has 1 aromatic rings. The predicted octanol–water partition coefficient (Wildman–Crippen LogP) is 2.62. The van der Waals surface area contributed by atoms with Crippen molar-refractivity contribution in [2.24, 2.45) is 5.73 Å². The predicted molar refractivity (Wildman–Crippen MR) is 68.5 cm³/mol. The Hall–Kier alpha value is -0.580. The van der Waals surface area contributed by atoms with E-state index in [0.29, 0.717) is 6.42 Å². The maximum Gasteiger partial charge on any atom is 0.133 e. The van der Waals surface area contributed by atoms with Gasteiger partial charge in [0.1, 0.15) is 5.75 Å². The zero-order chi connectivity index (χ0) is 12.1. The van der Waals surface area contributed by atoms with Crippen molar-refractivity contribution in [2.45, 2.75) is 31.9 Å². The second-order valence-electron chi connectivity index (χ2n) is 3.78. The third-order valence-corrected chi connectivity index (χ3v) is 3.18. The van der Waals surface area contributed by atoms with Crippen LogP contribution in [0.5, 0.6) is 5.75 Å². The van der Waals surface area contributed by atoms with Gasteiger partial charge in [-0.15, -0.1) is 0 Å².